The molecule has 0 radical (unpaired) electrons. The van der Waals surface area contributed by atoms with E-state index in [1.807, 2.05) is 0 Å². The number of carbonyl (C=O) groups excluding carboxylic acids is 1. The van der Waals surface area contributed by atoms with Gasteiger partial charge >= 0.3 is 5.69 Å². The third-order valence-corrected chi connectivity index (χ3v) is 6.49. The van der Waals surface area contributed by atoms with Crippen molar-refractivity contribution in [3.63, 3.8) is 0 Å². The van der Waals surface area contributed by atoms with Gasteiger partial charge < -0.3 is 10.1 Å². The third kappa shape index (κ3) is 4.57. The normalized spacial score (nSPS) is 15.9. The molecule has 3 heterocycles. The van der Waals surface area contributed by atoms with Crippen molar-refractivity contribution in [3.05, 3.63) is 50.1 Å². The van der Waals surface area contributed by atoms with Gasteiger partial charge in [-0.1, -0.05) is 23.4 Å². The molecule has 11 heteroatoms. The molecule has 168 valence electrons. The summed E-state index contributed by atoms with van der Waals surface area (Å²) in [6, 6.07) is 6.93. The average molecular weight is 476 g/mol. The molecule has 3 aromatic rings. The van der Waals surface area contributed by atoms with Crippen LogP contribution in [0.2, 0.25) is 5.02 Å². The Morgan fingerprint density at radius 3 is 2.66 bits per heavy atom. The smallest absolute Gasteiger partial charge is 0.332 e. The lowest BCUT2D eigenvalue weighted by Crippen LogP contribution is -2.38. The van der Waals surface area contributed by atoms with Crippen LogP contribution in [0.1, 0.15) is 12.8 Å². The Morgan fingerprint density at radius 2 is 1.97 bits per heavy atom. The van der Waals surface area contributed by atoms with E-state index in [9.17, 15) is 14.4 Å². The number of carbonyl (C=O) groups is 1. The molecular formula is C21H22ClN5O4S. The van der Waals surface area contributed by atoms with Crippen molar-refractivity contribution in [2.75, 3.05) is 18.9 Å². The summed E-state index contributed by atoms with van der Waals surface area (Å²) < 4.78 is 7.84. The van der Waals surface area contributed by atoms with E-state index in [1.165, 1.54) is 11.6 Å². The molecule has 1 aromatic carbocycles. The first-order valence-electron chi connectivity index (χ1n) is 10.1. The van der Waals surface area contributed by atoms with Crippen LogP contribution >= 0.6 is 23.4 Å². The molecular weight excluding hydrogens is 454 g/mol. The number of aryl methyl sites for hydroxylation is 1. The number of benzene rings is 1. The summed E-state index contributed by atoms with van der Waals surface area (Å²) in [7, 11) is 2.95. The second-order valence-electron chi connectivity index (χ2n) is 7.49. The predicted molar refractivity (Wildman–Crippen MR) is 123 cm³/mol. The molecule has 1 aliphatic heterocycles. The second-order valence-corrected chi connectivity index (χ2v) is 8.89. The second kappa shape index (κ2) is 9.43. The molecule has 0 spiro atoms. The fraction of sp³-hybridized carbons (Fsp3) is 0.381. The summed E-state index contributed by atoms with van der Waals surface area (Å²) in [5, 5.41) is 3.96. The van der Waals surface area contributed by atoms with E-state index in [0.717, 1.165) is 35.8 Å². The summed E-state index contributed by atoms with van der Waals surface area (Å²) in [6.45, 7) is 1.17. The van der Waals surface area contributed by atoms with Crippen molar-refractivity contribution < 1.29 is 9.53 Å². The molecule has 0 saturated carbocycles. The molecule has 1 amide bonds. The minimum absolute atomic E-state index is 0.0437. The number of amides is 1. The highest BCUT2D eigenvalue weighted by molar-refractivity contribution is 8.00. The summed E-state index contributed by atoms with van der Waals surface area (Å²) in [4.78, 5) is 46.8. The highest BCUT2D eigenvalue weighted by Gasteiger charge is 2.20. The van der Waals surface area contributed by atoms with Crippen LogP contribution in [0.4, 0.5) is 0 Å². The van der Waals surface area contributed by atoms with Crippen LogP contribution in [-0.4, -0.2) is 50.0 Å². The molecule has 0 bridgehead atoms. The van der Waals surface area contributed by atoms with Crippen molar-refractivity contribution in [1.29, 1.82) is 0 Å². The lowest BCUT2D eigenvalue weighted by molar-refractivity contribution is -0.119. The van der Waals surface area contributed by atoms with Gasteiger partial charge in [0.2, 0.25) is 5.91 Å². The zero-order valence-electron chi connectivity index (χ0n) is 17.6. The molecule has 9 nitrogen and oxygen atoms in total. The van der Waals surface area contributed by atoms with Gasteiger partial charge in [-0.25, -0.2) is 14.8 Å². The highest BCUT2D eigenvalue weighted by atomic mass is 35.5. The molecule has 1 saturated heterocycles. The Hall–Kier alpha value is -2.69. The van der Waals surface area contributed by atoms with Crippen molar-refractivity contribution in [3.8, 4) is 11.4 Å². The number of nitrogens with one attached hydrogen (secondary N) is 1. The Labute approximate surface area is 192 Å². The van der Waals surface area contributed by atoms with Crippen LogP contribution in [0.15, 0.2) is 38.9 Å². The number of ether oxygens (including phenoxy) is 1. The van der Waals surface area contributed by atoms with Crippen molar-refractivity contribution in [2.24, 2.45) is 14.1 Å². The van der Waals surface area contributed by atoms with E-state index in [1.54, 1.807) is 31.3 Å². The van der Waals surface area contributed by atoms with Gasteiger partial charge in [-0.15, -0.1) is 0 Å². The van der Waals surface area contributed by atoms with Crippen LogP contribution in [-0.2, 0) is 23.6 Å². The lowest BCUT2D eigenvalue weighted by atomic mass is 10.2. The molecule has 4 rings (SSSR count). The van der Waals surface area contributed by atoms with Crippen molar-refractivity contribution in [1.82, 2.24) is 24.4 Å². The van der Waals surface area contributed by atoms with Gasteiger partial charge in [0.1, 0.15) is 10.4 Å². The van der Waals surface area contributed by atoms with E-state index in [0.29, 0.717) is 28.0 Å². The SMILES string of the molecule is Cn1c(=O)c2c(SCC(=O)NC[C@H]3CCCO3)nc(-c3ccc(Cl)cc3)nc2n(C)c1=O. The van der Waals surface area contributed by atoms with Gasteiger partial charge in [0.05, 0.1) is 11.9 Å². The molecule has 1 aliphatic rings. The average Bonchev–Trinajstić information content (AvgIpc) is 3.32. The number of thioether (sulfide) groups is 1. The van der Waals surface area contributed by atoms with Gasteiger partial charge in [-0.3, -0.25) is 18.7 Å². The zero-order valence-corrected chi connectivity index (χ0v) is 19.2. The Bertz CT molecular complexity index is 1280. The van der Waals surface area contributed by atoms with Gasteiger partial charge in [-0.2, -0.15) is 0 Å². The van der Waals surface area contributed by atoms with Gasteiger partial charge in [0, 0.05) is 37.8 Å². The number of rotatable bonds is 6. The first kappa shape index (κ1) is 22.5. The van der Waals surface area contributed by atoms with Gasteiger partial charge in [0.15, 0.2) is 11.5 Å². The summed E-state index contributed by atoms with van der Waals surface area (Å²) >= 11 is 7.11. The molecule has 1 atom stereocenters. The van der Waals surface area contributed by atoms with Crippen LogP contribution < -0.4 is 16.6 Å². The third-order valence-electron chi connectivity index (χ3n) is 5.26. The molecule has 1 N–H and O–H groups in total. The number of aromatic nitrogens is 4. The molecule has 1 fully saturated rings. The van der Waals surface area contributed by atoms with Gasteiger partial charge in [0.25, 0.3) is 5.56 Å². The first-order valence-corrected chi connectivity index (χ1v) is 11.5. The Balaban J connectivity index is 1.70. The summed E-state index contributed by atoms with van der Waals surface area (Å²) in [6.07, 6.45) is 1.97. The Morgan fingerprint density at radius 1 is 1.22 bits per heavy atom. The maximum atomic E-state index is 12.9. The monoisotopic (exact) mass is 475 g/mol. The maximum Gasteiger partial charge on any atom is 0.332 e. The van der Waals surface area contributed by atoms with Crippen molar-refractivity contribution in [2.45, 2.75) is 24.0 Å². The maximum absolute atomic E-state index is 12.9. The quantitative estimate of drug-likeness (QED) is 0.427. The van der Waals surface area contributed by atoms with Crippen LogP contribution in [0.3, 0.4) is 0 Å². The largest absolute Gasteiger partial charge is 0.376 e. The summed E-state index contributed by atoms with van der Waals surface area (Å²) in [5.41, 5.74) is -0.115. The van der Waals surface area contributed by atoms with E-state index in [-0.39, 0.29) is 28.8 Å². The first-order chi connectivity index (χ1) is 15.3. The lowest BCUT2D eigenvalue weighted by Gasteiger charge is -2.13. The fourth-order valence-corrected chi connectivity index (χ4v) is 4.45. The number of halogens is 1. The van der Waals surface area contributed by atoms with E-state index >= 15 is 0 Å². The standard InChI is InChI=1S/C21H22ClN5O4S/c1-26-18-16(20(29)27(2)21(26)30)19(25-17(24-18)12-5-7-13(22)8-6-12)32-11-15(28)23-10-14-4-3-9-31-14/h5-8,14H,3-4,9-11H2,1-2H3,(H,23,28)/t14-/m1/s1. The van der Waals surface area contributed by atoms with Crippen LogP contribution in [0.5, 0.6) is 0 Å². The molecule has 32 heavy (non-hydrogen) atoms. The molecule has 0 aliphatic carbocycles. The fourth-order valence-electron chi connectivity index (χ4n) is 3.48. The molecule has 2 aromatic heterocycles. The number of fused-ring (bicyclic) bond motifs is 1. The van der Waals surface area contributed by atoms with Gasteiger partial charge in [-0.05, 0) is 37.1 Å². The summed E-state index contributed by atoms with van der Waals surface area (Å²) in [5.74, 6) is 0.205. The predicted octanol–water partition coefficient (Wildman–Crippen LogP) is 1.73. The minimum atomic E-state index is -0.506. The highest BCUT2D eigenvalue weighted by Crippen LogP contribution is 2.26. The van der Waals surface area contributed by atoms with Crippen LogP contribution in [0, 0.1) is 0 Å². The van der Waals surface area contributed by atoms with Crippen LogP contribution in [0.25, 0.3) is 22.4 Å². The zero-order chi connectivity index (χ0) is 22.8. The number of hydrogen-bond acceptors (Lipinski definition) is 7. The number of hydrogen-bond donors (Lipinski definition) is 1. The van der Waals surface area contributed by atoms with Crippen molar-refractivity contribution >= 4 is 40.3 Å². The molecule has 0 unspecified atom stereocenters. The Kier molecular flexibility index (Phi) is 6.63. The topological polar surface area (TPSA) is 108 Å². The minimum Gasteiger partial charge on any atom is -0.376 e. The number of nitrogens with zero attached hydrogens (tertiary/aromatic N) is 4. The van der Waals surface area contributed by atoms with E-state index in [4.69, 9.17) is 16.3 Å². The van der Waals surface area contributed by atoms with E-state index < -0.39 is 11.2 Å². The van der Waals surface area contributed by atoms with E-state index in [2.05, 4.69) is 15.3 Å².